The number of hydrogen-bond acceptors (Lipinski definition) is 3. The Morgan fingerprint density at radius 1 is 1.20 bits per heavy atom. The van der Waals surface area contributed by atoms with Gasteiger partial charge >= 0.3 is 0 Å². The van der Waals surface area contributed by atoms with E-state index in [4.69, 9.17) is 0 Å². The van der Waals surface area contributed by atoms with Crippen LogP contribution in [0, 0.1) is 11.7 Å². The number of piperazine rings is 1. The summed E-state index contributed by atoms with van der Waals surface area (Å²) in [4.78, 5) is 31.1. The fourth-order valence-electron chi connectivity index (χ4n) is 3.96. The van der Waals surface area contributed by atoms with E-state index in [1.54, 1.807) is 30.1 Å². The first kappa shape index (κ1) is 17.9. The summed E-state index contributed by atoms with van der Waals surface area (Å²) in [5.74, 6) is -0.730. The standard InChI is InChI=1S/C19H26FN3O2/c1-3-22-10-12-23(13-11-22)19(25)15-8-9-17(24)21(2)18(15)14-6-4-5-7-16(14)20/h4-7,15,18H,3,8-13H2,1-2H3/t15-,18+/m0/s1. The number of likely N-dealkylation sites (N-methyl/N-ethyl adjacent to an activating group) is 1. The summed E-state index contributed by atoms with van der Waals surface area (Å²) in [5.41, 5.74) is 0.434. The molecule has 0 spiro atoms. The molecule has 2 aliphatic heterocycles. The molecule has 2 atom stereocenters. The molecule has 1 aromatic rings. The predicted molar refractivity (Wildman–Crippen MR) is 93.3 cm³/mol. The fraction of sp³-hybridized carbons (Fsp3) is 0.579. The molecule has 0 aromatic heterocycles. The third-order valence-corrected chi connectivity index (χ3v) is 5.53. The predicted octanol–water partition coefficient (Wildman–Crippen LogP) is 1.90. The second-order valence-corrected chi connectivity index (χ2v) is 6.88. The van der Waals surface area contributed by atoms with Gasteiger partial charge in [0.2, 0.25) is 11.8 Å². The minimum Gasteiger partial charge on any atom is -0.340 e. The van der Waals surface area contributed by atoms with Gasteiger partial charge in [0.25, 0.3) is 0 Å². The number of hydrogen-bond donors (Lipinski definition) is 0. The lowest BCUT2D eigenvalue weighted by Crippen LogP contribution is -2.53. The van der Waals surface area contributed by atoms with Crippen molar-refractivity contribution < 1.29 is 14.0 Å². The van der Waals surface area contributed by atoms with Gasteiger partial charge in [-0.25, -0.2) is 4.39 Å². The van der Waals surface area contributed by atoms with Gasteiger partial charge in [-0.05, 0) is 19.0 Å². The largest absolute Gasteiger partial charge is 0.340 e. The average Bonchev–Trinajstić information content (AvgIpc) is 2.64. The zero-order valence-corrected chi connectivity index (χ0v) is 14.9. The average molecular weight is 347 g/mol. The zero-order chi connectivity index (χ0) is 18.0. The number of likely N-dealkylation sites (tertiary alicyclic amines) is 1. The van der Waals surface area contributed by atoms with Crippen LogP contribution in [0.1, 0.15) is 31.4 Å². The molecule has 2 fully saturated rings. The molecule has 0 aliphatic carbocycles. The number of carbonyl (C=O) groups excluding carboxylic acids is 2. The van der Waals surface area contributed by atoms with Gasteiger partial charge in [0, 0.05) is 45.2 Å². The Morgan fingerprint density at radius 2 is 1.88 bits per heavy atom. The van der Waals surface area contributed by atoms with Crippen LogP contribution < -0.4 is 0 Å². The summed E-state index contributed by atoms with van der Waals surface area (Å²) >= 11 is 0. The van der Waals surface area contributed by atoms with Crippen molar-refractivity contribution in [2.75, 3.05) is 39.8 Å². The first-order chi connectivity index (χ1) is 12.0. The van der Waals surface area contributed by atoms with Crippen LogP contribution in [-0.4, -0.2) is 66.3 Å². The topological polar surface area (TPSA) is 43.9 Å². The Labute approximate surface area is 148 Å². The molecule has 6 heteroatoms. The monoisotopic (exact) mass is 347 g/mol. The van der Waals surface area contributed by atoms with Crippen LogP contribution in [0.3, 0.4) is 0 Å². The molecule has 0 unspecified atom stereocenters. The maximum atomic E-state index is 14.4. The van der Waals surface area contributed by atoms with E-state index >= 15 is 0 Å². The Bertz CT molecular complexity index is 643. The lowest BCUT2D eigenvalue weighted by molar-refractivity contribution is -0.147. The molecule has 2 aliphatic rings. The Balaban J connectivity index is 1.84. The Hall–Kier alpha value is -1.95. The highest BCUT2D eigenvalue weighted by Crippen LogP contribution is 2.38. The van der Waals surface area contributed by atoms with E-state index in [1.165, 1.54) is 6.07 Å². The van der Waals surface area contributed by atoms with Gasteiger partial charge in [-0.3, -0.25) is 9.59 Å². The van der Waals surface area contributed by atoms with Crippen LogP contribution in [0.25, 0.3) is 0 Å². The van der Waals surface area contributed by atoms with E-state index in [-0.39, 0.29) is 23.5 Å². The molecule has 2 amide bonds. The first-order valence-electron chi connectivity index (χ1n) is 9.04. The van der Waals surface area contributed by atoms with Crippen molar-refractivity contribution in [2.24, 2.45) is 5.92 Å². The van der Waals surface area contributed by atoms with E-state index in [0.29, 0.717) is 31.5 Å². The number of carbonyl (C=O) groups is 2. The minimum atomic E-state index is -0.529. The van der Waals surface area contributed by atoms with Gasteiger partial charge in [-0.15, -0.1) is 0 Å². The molecule has 0 radical (unpaired) electrons. The highest BCUT2D eigenvalue weighted by molar-refractivity contribution is 5.85. The smallest absolute Gasteiger partial charge is 0.228 e. The zero-order valence-electron chi connectivity index (χ0n) is 14.9. The maximum absolute atomic E-state index is 14.4. The van der Waals surface area contributed by atoms with E-state index in [1.807, 2.05) is 4.90 Å². The van der Waals surface area contributed by atoms with Gasteiger partial charge in [0.1, 0.15) is 5.82 Å². The molecular formula is C19H26FN3O2. The SMILES string of the molecule is CCN1CCN(C(=O)[C@H]2CCC(=O)N(C)[C@@H]2c2ccccc2F)CC1. The van der Waals surface area contributed by atoms with E-state index in [9.17, 15) is 14.0 Å². The number of rotatable bonds is 3. The molecule has 1 aromatic carbocycles. The van der Waals surface area contributed by atoms with Gasteiger partial charge < -0.3 is 14.7 Å². The Morgan fingerprint density at radius 3 is 2.52 bits per heavy atom. The van der Waals surface area contributed by atoms with Crippen LogP contribution in [0.4, 0.5) is 4.39 Å². The summed E-state index contributed by atoms with van der Waals surface area (Å²) < 4.78 is 14.4. The van der Waals surface area contributed by atoms with Crippen LogP contribution in [0.2, 0.25) is 0 Å². The molecule has 2 saturated heterocycles. The third-order valence-electron chi connectivity index (χ3n) is 5.53. The summed E-state index contributed by atoms with van der Waals surface area (Å²) in [6, 6.07) is 5.94. The molecular weight excluding hydrogens is 321 g/mol. The van der Waals surface area contributed by atoms with Gasteiger partial charge in [-0.1, -0.05) is 25.1 Å². The highest BCUT2D eigenvalue weighted by atomic mass is 19.1. The summed E-state index contributed by atoms with van der Waals surface area (Å²) in [7, 11) is 1.67. The summed E-state index contributed by atoms with van der Waals surface area (Å²) in [6.07, 6.45) is 0.821. The number of piperidine rings is 1. The van der Waals surface area contributed by atoms with Crippen molar-refractivity contribution >= 4 is 11.8 Å². The van der Waals surface area contributed by atoms with Gasteiger partial charge in [0.05, 0.1) is 12.0 Å². The number of nitrogens with zero attached hydrogens (tertiary/aromatic N) is 3. The van der Waals surface area contributed by atoms with Crippen LogP contribution >= 0.6 is 0 Å². The second-order valence-electron chi connectivity index (χ2n) is 6.88. The van der Waals surface area contributed by atoms with Crippen molar-refractivity contribution in [3.05, 3.63) is 35.6 Å². The van der Waals surface area contributed by atoms with Crippen molar-refractivity contribution in [3.8, 4) is 0 Å². The fourth-order valence-corrected chi connectivity index (χ4v) is 3.96. The molecule has 5 nitrogen and oxygen atoms in total. The number of benzene rings is 1. The maximum Gasteiger partial charge on any atom is 0.228 e. The van der Waals surface area contributed by atoms with Crippen LogP contribution in [0.15, 0.2) is 24.3 Å². The first-order valence-corrected chi connectivity index (χ1v) is 9.04. The quantitative estimate of drug-likeness (QED) is 0.839. The van der Waals surface area contributed by atoms with Crippen molar-refractivity contribution in [2.45, 2.75) is 25.8 Å². The van der Waals surface area contributed by atoms with Crippen molar-refractivity contribution in [1.29, 1.82) is 0 Å². The third kappa shape index (κ3) is 3.54. The molecule has 0 bridgehead atoms. The van der Waals surface area contributed by atoms with Crippen LogP contribution in [0.5, 0.6) is 0 Å². The number of amides is 2. The van der Waals surface area contributed by atoms with E-state index in [2.05, 4.69) is 11.8 Å². The summed E-state index contributed by atoms with van der Waals surface area (Å²) in [6.45, 7) is 6.24. The lowest BCUT2D eigenvalue weighted by atomic mass is 9.83. The summed E-state index contributed by atoms with van der Waals surface area (Å²) in [5, 5.41) is 0. The van der Waals surface area contributed by atoms with Crippen molar-refractivity contribution in [1.82, 2.24) is 14.7 Å². The van der Waals surface area contributed by atoms with E-state index in [0.717, 1.165) is 19.6 Å². The minimum absolute atomic E-state index is 0.0342. The van der Waals surface area contributed by atoms with E-state index < -0.39 is 6.04 Å². The normalized spacial score (nSPS) is 25.3. The van der Waals surface area contributed by atoms with Gasteiger partial charge in [-0.2, -0.15) is 0 Å². The highest BCUT2D eigenvalue weighted by Gasteiger charge is 2.41. The molecule has 2 heterocycles. The van der Waals surface area contributed by atoms with Gasteiger partial charge in [0.15, 0.2) is 0 Å². The molecule has 0 N–H and O–H groups in total. The second kappa shape index (κ2) is 7.52. The molecule has 0 saturated carbocycles. The number of halogens is 1. The molecule has 136 valence electrons. The van der Waals surface area contributed by atoms with Crippen LogP contribution in [-0.2, 0) is 9.59 Å². The Kier molecular flexibility index (Phi) is 5.37. The molecule has 25 heavy (non-hydrogen) atoms. The lowest BCUT2D eigenvalue weighted by Gasteiger charge is -2.42. The molecule has 3 rings (SSSR count). The van der Waals surface area contributed by atoms with Crippen molar-refractivity contribution in [3.63, 3.8) is 0 Å².